The van der Waals surface area contributed by atoms with Gasteiger partial charge in [0.1, 0.15) is 11.9 Å². The Bertz CT molecular complexity index is 1140. The van der Waals surface area contributed by atoms with Crippen molar-refractivity contribution in [3.05, 3.63) is 41.3 Å². The quantitative estimate of drug-likeness (QED) is 0.655. The van der Waals surface area contributed by atoms with Gasteiger partial charge in [0.05, 0.1) is 5.02 Å². The van der Waals surface area contributed by atoms with Gasteiger partial charge < -0.3 is 14.6 Å². The first kappa shape index (κ1) is 20.0. The van der Waals surface area contributed by atoms with Crippen molar-refractivity contribution in [2.75, 3.05) is 5.32 Å². The standard InChI is InChI=1S/C21H24ClN7O2/c1-12-4-6-15-10-21(9-12,19-26-25-13(2)31-19)29(15)20(30)24-14-5-7-17(22)16(8-14)18-23-11-28(3)27-18/h5,7-8,11-12,15H,4,6,9-10H2,1-3H3,(H,24,30)/t12-,15-,21+/m0/s1. The van der Waals surface area contributed by atoms with Crippen molar-refractivity contribution in [2.45, 2.75) is 51.1 Å². The molecule has 1 aliphatic heterocycles. The second-order valence-electron chi connectivity index (χ2n) is 8.64. The summed E-state index contributed by atoms with van der Waals surface area (Å²) in [6.45, 7) is 3.99. The molecule has 1 aliphatic carbocycles. The minimum atomic E-state index is -0.552. The van der Waals surface area contributed by atoms with E-state index in [1.54, 1.807) is 43.2 Å². The zero-order valence-corrected chi connectivity index (χ0v) is 18.4. The van der Waals surface area contributed by atoms with Crippen LogP contribution in [0.5, 0.6) is 0 Å². The Labute approximate surface area is 184 Å². The summed E-state index contributed by atoms with van der Waals surface area (Å²) in [6, 6.07) is 5.29. The molecule has 1 N–H and O–H groups in total. The van der Waals surface area contributed by atoms with Crippen LogP contribution >= 0.6 is 11.6 Å². The molecule has 1 saturated heterocycles. The molecule has 2 aromatic heterocycles. The third kappa shape index (κ3) is 3.37. The van der Waals surface area contributed by atoms with Crippen LogP contribution in [0.3, 0.4) is 0 Å². The van der Waals surface area contributed by atoms with Gasteiger partial charge in [-0.05, 0) is 43.4 Å². The number of nitrogens with one attached hydrogen (secondary N) is 1. The summed E-state index contributed by atoms with van der Waals surface area (Å²) < 4.78 is 7.42. The normalized spacial score (nSPS) is 25.1. The van der Waals surface area contributed by atoms with Crippen LogP contribution in [-0.2, 0) is 12.6 Å². The summed E-state index contributed by atoms with van der Waals surface area (Å²) in [5.41, 5.74) is 0.742. The van der Waals surface area contributed by atoms with Gasteiger partial charge in [0.25, 0.3) is 0 Å². The third-order valence-electron chi connectivity index (χ3n) is 6.28. The van der Waals surface area contributed by atoms with Crippen LogP contribution < -0.4 is 5.32 Å². The number of halogens is 1. The molecular formula is C21H24ClN7O2. The molecule has 31 heavy (non-hydrogen) atoms. The SMILES string of the molecule is Cc1nnc([C@@]23C[C@@H](C)CC[C@@H](C2)N3C(=O)Nc2ccc(Cl)c(-c3ncn(C)n3)c2)o1. The number of hydrogen-bond donors (Lipinski definition) is 1. The van der Waals surface area contributed by atoms with E-state index in [2.05, 4.69) is 32.5 Å². The van der Waals surface area contributed by atoms with Gasteiger partial charge in [-0.3, -0.25) is 4.68 Å². The maximum absolute atomic E-state index is 13.4. The van der Waals surface area contributed by atoms with E-state index in [0.29, 0.717) is 39.8 Å². The molecule has 1 saturated carbocycles. The number of carbonyl (C=O) groups excluding carboxylic acids is 1. The number of fused-ring (bicyclic) bond motifs is 2. The molecule has 3 aromatic rings. The van der Waals surface area contributed by atoms with E-state index in [0.717, 1.165) is 25.7 Å². The summed E-state index contributed by atoms with van der Waals surface area (Å²) in [7, 11) is 1.79. The summed E-state index contributed by atoms with van der Waals surface area (Å²) in [6.07, 6.45) is 5.30. The predicted octanol–water partition coefficient (Wildman–Crippen LogP) is 4.15. The Hall–Kier alpha value is -2.94. The lowest BCUT2D eigenvalue weighted by atomic mass is 9.75. The van der Waals surface area contributed by atoms with E-state index in [1.807, 2.05) is 4.90 Å². The molecule has 1 aromatic carbocycles. The van der Waals surface area contributed by atoms with Gasteiger partial charge in [-0.15, -0.1) is 10.2 Å². The van der Waals surface area contributed by atoms with E-state index in [4.69, 9.17) is 16.0 Å². The molecule has 2 aliphatic rings. The largest absolute Gasteiger partial charge is 0.423 e. The highest BCUT2D eigenvalue weighted by Crippen LogP contribution is 2.53. The topological polar surface area (TPSA) is 102 Å². The lowest BCUT2D eigenvalue weighted by molar-refractivity contribution is -0.0517. The molecular weight excluding hydrogens is 418 g/mol. The van der Waals surface area contributed by atoms with Crippen molar-refractivity contribution in [3.63, 3.8) is 0 Å². The van der Waals surface area contributed by atoms with Crippen molar-refractivity contribution in [1.82, 2.24) is 29.9 Å². The summed E-state index contributed by atoms with van der Waals surface area (Å²) in [5.74, 6) is 2.01. The van der Waals surface area contributed by atoms with E-state index in [-0.39, 0.29) is 12.1 Å². The van der Waals surface area contributed by atoms with Crippen LogP contribution in [0.25, 0.3) is 11.4 Å². The van der Waals surface area contributed by atoms with E-state index >= 15 is 0 Å². The molecule has 2 bridgehead atoms. The maximum atomic E-state index is 13.4. The zero-order valence-electron chi connectivity index (χ0n) is 17.7. The lowest BCUT2D eigenvalue weighted by Crippen LogP contribution is -2.66. The van der Waals surface area contributed by atoms with Crippen molar-refractivity contribution in [1.29, 1.82) is 0 Å². The molecule has 10 heteroatoms. The highest BCUT2D eigenvalue weighted by atomic mass is 35.5. The average Bonchev–Trinajstić information content (AvgIpc) is 3.25. The number of benzene rings is 1. The average molecular weight is 442 g/mol. The predicted molar refractivity (Wildman–Crippen MR) is 114 cm³/mol. The van der Waals surface area contributed by atoms with Gasteiger partial charge in [0, 0.05) is 37.7 Å². The molecule has 0 radical (unpaired) electrons. The Balaban J connectivity index is 1.44. The van der Waals surface area contributed by atoms with E-state index in [1.165, 1.54) is 0 Å². The first-order valence-corrected chi connectivity index (χ1v) is 10.8. The lowest BCUT2D eigenvalue weighted by Gasteiger charge is -2.55. The summed E-state index contributed by atoms with van der Waals surface area (Å²) in [5, 5.41) is 16.2. The van der Waals surface area contributed by atoms with Gasteiger partial charge in [-0.2, -0.15) is 5.10 Å². The third-order valence-corrected chi connectivity index (χ3v) is 6.61. The van der Waals surface area contributed by atoms with Gasteiger partial charge in [-0.1, -0.05) is 18.5 Å². The number of urea groups is 1. The summed E-state index contributed by atoms with van der Waals surface area (Å²) in [4.78, 5) is 19.6. The molecule has 3 atom stereocenters. The Morgan fingerprint density at radius 1 is 1.29 bits per heavy atom. The monoisotopic (exact) mass is 441 g/mol. The number of likely N-dealkylation sites (tertiary alicyclic amines) is 1. The molecule has 5 rings (SSSR count). The van der Waals surface area contributed by atoms with Crippen LogP contribution in [0.15, 0.2) is 28.9 Å². The molecule has 2 fully saturated rings. The second kappa shape index (κ2) is 7.33. The Morgan fingerprint density at radius 3 is 2.84 bits per heavy atom. The van der Waals surface area contributed by atoms with E-state index < -0.39 is 5.54 Å². The van der Waals surface area contributed by atoms with Crippen molar-refractivity contribution in [2.24, 2.45) is 13.0 Å². The number of nitrogens with zero attached hydrogens (tertiary/aromatic N) is 6. The molecule has 9 nitrogen and oxygen atoms in total. The molecule has 0 unspecified atom stereocenters. The fourth-order valence-corrected chi connectivity index (χ4v) is 5.13. The zero-order chi connectivity index (χ0) is 21.8. The van der Waals surface area contributed by atoms with Crippen molar-refractivity contribution in [3.8, 4) is 11.4 Å². The van der Waals surface area contributed by atoms with Crippen LogP contribution in [0.4, 0.5) is 10.5 Å². The van der Waals surface area contributed by atoms with Gasteiger partial charge in [0.15, 0.2) is 5.82 Å². The fraction of sp³-hybridized carbons (Fsp3) is 0.476. The first-order chi connectivity index (χ1) is 14.9. The molecule has 0 spiro atoms. The fourth-order valence-electron chi connectivity index (χ4n) is 4.93. The molecule has 162 valence electrons. The number of aromatic nitrogens is 5. The highest BCUT2D eigenvalue weighted by Gasteiger charge is 2.60. The van der Waals surface area contributed by atoms with Gasteiger partial charge in [-0.25, -0.2) is 9.78 Å². The second-order valence-corrected chi connectivity index (χ2v) is 9.05. The minimum absolute atomic E-state index is 0.154. The number of aryl methyl sites for hydroxylation is 2. The van der Waals surface area contributed by atoms with Crippen LogP contribution in [0.2, 0.25) is 5.02 Å². The number of rotatable bonds is 3. The van der Waals surface area contributed by atoms with Crippen LogP contribution in [-0.4, -0.2) is 41.9 Å². The molecule has 3 heterocycles. The summed E-state index contributed by atoms with van der Waals surface area (Å²) >= 11 is 6.36. The number of amides is 2. The van der Waals surface area contributed by atoms with Gasteiger partial charge in [0.2, 0.25) is 11.8 Å². The minimum Gasteiger partial charge on any atom is -0.423 e. The van der Waals surface area contributed by atoms with Crippen molar-refractivity contribution < 1.29 is 9.21 Å². The van der Waals surface area contributed by atoms with Crippen LogP contribution in [0, 0.1) is 12.8 Å². The number of carbonyl (C=O) groups is 1. The Kier molecular flexibility index (Phi) is 4.73. The van der Waals surface area contributed by atoms with Crippen molar-refractivity contribution >= 4 is 23.3 Å². The number of hydrogen-bond acceptors (Lipinski definition) is 6. The maximum Gasteiger partial charge on any atom is 0.322 e. The first-order valence-electron chi connectivity index (χ1n) is 10.4. The number of anilines is 1. The highest BCUT2D eigenvalue weighted by molar-refractivity contribution is 6.33. The smallest absolute Gasteiger partial charge is 0.322 e. The van der Waals surface area contributed by atoms with E-state index in [9.17, 15) is 4.79 Å². The van der Waals surface area contributed by atoms with Gasteiger partial charge >= 0.3 is 6.03 Å². The van der Waals surface area contributed by atoms with Crippen LogP contribution in [0.1, 0.15) is 44.4 Å². The molecule has 2 amide bonds. The Morgan fingerprint density at radius 2 is 2.13 bits per heavy atom.